The van der Waals surface area contributed by atoms with Crippen LogP contribution >= 0.6 is 11.6 Å². The van der Waals surface area contributed by atoms with E-state index in [1.807, 2.05) is 29.2 Å². The molecule has 0 bridgehead atoms. The number of halogens is 1. The molecule has 2 aromatic rings. The minimum absolute atomic E-state index is 0.0238. The van der Waals surface area contributed by atoms with Gasteiger partial charge in [-0.15, -0.1) is 0 Å². The number of hydrogen-bond donors (Lipinski definition) is 1. The molecule has 1 fully saturated rings. The smallest absolute Gasteiger partial charge is 0.225 e. The lowest BCUT2D eigenvalue weighted by Gasteiger charge is -2.36. The fourth-order valence-corrected chi connectivity index (χ4v) is 2.92. The van der Waals surface area contributed by atoms with Crippen LogP contribution in [0.3, 0.4) is 0 Å². The van der Waals surface area contributed by atoms with E-state index in [9.17, 15) is 4.79 Å². The van der Waals surface area contributed by atoms with Gasteiger partial charge in [0.1, 0.15) is 12.7 Å². The van der Waals surface area contributed by atoms with E-state index in [-0.39, 0.29) is 11.9 Å². The van der Waals surface area contributed by atoms with Gasteiger partial charge in [-0.25, -0.2) is 4.98 Å². The quantitative estimate of drug-likeness (QED) is 0.927. The van der Waals surface area contributed by atoms with E-state index >= 15 is 0 Å². The summed E-state index contributed by atoms with van der Waals surface area (Å²) in [5, 5.41) is 8.06. The summed E-state index contributed by atoms with van der Waals surface area (Å²) < 4.78 is 1.68. The molecule has 0 radical (unpaired) electrons. The molecule has 7 heteroatoms. The number of amides is 1. The second kappa shape index (κ2) is 6.89. The maximum absolute atomic E-state index is 12.6. The predicted molar refractivity (Wildman–Crippen MR) is 83.4 cm³/mol. The van der Waals surface area contributed by atoms with Crippen molar-refractivity contribution in [3.8, 4) is 0 Å². The summed E-state index contributed by atoms with van der Waals surface area (Å²) in [6.07, 6.45) is 3.52. The molecular formula is C15H18ClN5O. The van der Waals surface area contributed by atoms with Crippen LogP contribution in [0.15, 0.2) is 36.9 Å². The maximum Gasteiger partial charge on any atom is 0.225 e. The summed E-state index contributed by atoms with van der Waals surface area (Å²) in [5.74, 6) is 0.127. The van der Waals surface area contributed by atoms with Crippen molar-refractivity contribution in [2.24, 2.45) is 0 Å². The Morgan fingerprint density at radius 2 is 2.36 bits per heavy atom. The van der Waals surface area contributed by atoms with Crippen LogP contribution in [0.2, 0.25) is 5.02 Å². The average molecular weight is 320 g/mol. The van der Waals surface area contributed by atoms with Crippen LogP contribution in [0.5, 0.6) is 0 Å². The van der Waals surface area contributed by atoms with Gasteiger partial charge in [-0.2, -0.15) is 5.10 Å². The highest BCUT2D eigenvalue weighted by Gasteiger charge is 2.27. The van der Waals surface area contributed by atoms with Crippen LogP contribution in [0.4, 0.5) is 0 Å². The highest BCUT2D eigenvalue weighted by atomic mass is 35.5. The third kappa shape index (κ3) is 3.45. The average Bonchev–Trinajstić information content (AvgIpc) is 3.06. The monoisotopic (exact) mass is 319 g/mol. The SMILES string of the molecule is O=C(CCn1cncn1)N1CCNCC1c1cccc(Cl)c1. The highest BCUT2D eigenvalue weighted by Crippen LogP contribution is 2.25. The Labute approximate surface area is 134 Å². The van der Waals surface area contributed by atoms with E-state index in [4.69, 9.17) is 11.6 Å². The van der Waals surface area contributed by atoms with Crippen LogP contribution in [0, 0.1) is 0 Å². The van der Waals surface area contributed by atoms with Crippen LogP contribution in [-0.4, -0.2) is 45.2 Å². The first kappa shape index (κ1) is 15.0. The summed E-state index contributed by atoms with van der Waals surface area (Å²) in [6, 6.07) is 7.73. The second-order valence-corrected chi connectivity index (χ2v) is 5.71. The summed E-state index contributed by atoms with van der Waals surface area (Å²) in [5.41, 5.74) is 1.06. The number of benzene rings is 1. The van der Waals surface area contributed by atoms with E-state index in [2.05, 4.69) is 15.4 Å². The fourth-order valence-electron chi connectivity index (χ4n) is 2.72. The number of nitrogens with one attached hydrogen (secondary N) is 1. The Bertz CT molecular complexity index is 631. The molecule has 1 aliphatic rings. The van der Waals surface area contributed by atoms with Gasteiger partial charge in [0.05, 0.1) is 12.6 Å². The van der Waals surface area contributed by atoms with Gasteiger partial charge < -0.3 is 10.2 Å². The van der Waals surface area contributed by atoms with Crippen LogP contribution in [0.1, 0.15) is 18.0 Å². The predicted octanol–water partition coefficient (Wildman–Crippen LogP) is 1.49. The minimum Gasteiger partial charge on any atom is -0.333 e. The maximum atomic E-state index is 12.6. The molecule has 1 amide bonds. The zero-order chi connectivity index (χ0) is 15.4. The van der Waals surface area contributed by atoms with Crippen molar-refractivity contribution in [3.05, 3.63) is 47.5 Å². The summed E-state index contributed by atoms with van der Waals surface area (Å²) >= 11 is 6.08. The summed E-state index contributed by atoms with van der Waals surface area (Å²) in [6.45, 7) is 2.81. The Balaban J connectivity index is 1.70. The molecule has 0 spiro atoms. The topological polar surface area (TPSA) is 63.1 Å². The highest BCUT2D eigenvalue weighted by molar-refractivity contribution is 6.30. The number of carbonyl (C=O) groups excluding carboxylic acids is 1. The van der Waals surface area contributed by atoms with E-state index < -0.39 is 0 Å². The molecule has 0 saturated carbocycles. The van der Waals surface area contributed by atoms with E-state index in [0.29, 0.717) is 24.5 Å². The van der Waals surface area contributed by atoms with Crippen molar-refractivity contribution in [2.75, 3.05) is 19.6 Å². The molecule has 1 atom stereocenters. The van der Waals surface area contributed by atoms with Crippen LogP contribution < -0.4 is 5.32 Å². The largest absolute Gasteiger partial charge is 0.333 e. The van der Waals surface area contributed by atoms with Gasteiger partial charge in [0, 0.05) is 31.1 Å². The van der Waals surface area contributed by atoms with Gasteiger partial charge in [0.15, 0.2) is 0 Å². The molecule has 1 aromatic heterocycles. The molecule has 1 saturated heterocycles. The summed E-state index contributed by atoms with van der Waals surface area (Å²) in [7, 11) is 0. The molecule has 1 aromatic carbocycles. The van der Waals surface area contributed by atoms with Gasteiger partial charge in [-0.05, 0) is 17.7 Å². The Morgan fingerprint density at radius 3 is 3.14 bits per heavy atom. The number of aromatic nitrogens is 3. The van der Waals surface area contributed by atoms with Gasteiger partial charge in [-0.3, -0.25) is 9.48 Å². The molecule has 22 heavy (non-hydrogen) atoms. The normalized spacial score (nSPS) is 18.4. The van der Waals surface area contributed by atoms with Gasteiger partial charge in [0.2, 0.25) is 5.91 Å². The number of rotatable bonds is 4. The number of hydrogen-bond acceptors (Lipinski definition) is 4. The molecular weight excluding hydrogens is 302 g/mol. The fraction of sp³-hybridized carbons (Fsp3) is 0.400. The van der Waals surface area contributed by atoms with Gasteiger partial charge in [0.25, 0.3) is 0 Å². The lowest BCUT2D eigenvalue weighted by molar-refractivity contribution is -0.134. The molecule has 6 nitrogen and oxygen atoms in total. The first-order chi connectivity index (χ1) is 10.7. The van der Waals surface area contributed by atoms with Gasteiger partial charge in [-0.1, -0.05) is 23.7 Å². The van der Waals surface area contributed by atoms with Crippen LogP contribution in [-0.2, 0) is 11.3 Å². The second-order valence-electron chi connectivity index (χ2n) is 5.27. The Morgan fingerprint density at radius 1 is 1.45 bits per heavy atom. The third-order valence-electron chi connectivity index (χ3n) is 3.82. The Kier molecular flexibility index (Phi) is 4.70. The third-order valence-corrected chi connectivity index (χ3v) is 4.05. The van der Waals surface area contributed by atoms with Crippen LogP contribution in [0.25, 0.3) is 0 Å². The van der Waals surface area contributed by atoms with Crippen molar-refractivity contribution in [2.45, 2.75) is 19.0 Å². The lowest BCUT2D eigenvalue weighted by atomic mass is 10.0. The van der Waals surface area contributed by atoms with E-state index in [1.165, 1.54) is 6.33 Å². The van der Waals surface area contributed by atoms with Gasteiger partial charge >= 0.3 is 0 Å². The number of piperazine rings is 1. The molecule has 3 rings (SSSR count). The lowest BCUT2D eigenvalue weighted by Crippen LogP contribution is -2.48. The van der Waals surface area contributed by atoms with E-state index in [1.54, 1.807) is 11.0 Å². The first-order valence-electron chi connectivity index (χ1n) is 7.32. The van der Waals surface area contributed by atoms with Crippen molar-refractivity contribution < 1.29 is 4.79 Å². The van der Waals surface area contributed by atoms with Crippen molar-refractivity contribution in [1.82, 2.24) is 25.0 Å². The number of aryl methyl sites for hydroxylation is 1. The molecule has 1 aliphatic heterocycles. The Hall–Kier alpha value is -1.92. The first-order valence-corrected chi connectivity index (χ1v) is 7.70. The molecule has 1 N–H and O–H groups in total. The molecule has 116 valence electrons. The molecule has 0 aliphatic carbocycles. The number of carbonyl (C=O) groups is 1. The minimum atomic E-state index is 0.0238. The van der Waals surface area contributed by atoms with Crippen molar-refractivity contribution >= 4 is 17.5 Å². The molecule has 2 heterocycles. The van der Waals surface area contributed by atoms with Crippen molar-refractivity contribution in [3.63, 3.8) is 0 Å². The zero-order valence-electron chi connectivity index (χ0n) is 12.2. The van der Waals surface area contributed by atoms with Crippen molar-refractivity contribution in [1.29, 1.82) is 0 Å². The van der Waals surface area contributed by atoms with E-state index in [0.717, 1.165) is 18.7 Å². The standard InChI is InChI=1S/C15H18ClN5O/c16-13-3-1-2-12(8-13)14-9-17-5-7-21(14)15(22)4-6-20-11-18-10-19-20/h1-3,8,10-11,14,17H,4-7,9H2. The summed E-state index contributed by atoms with van der Waals surface area (Å²) in [4.78, 5) is 18.4. The molecule has 1 unspecified atom stereocenters. The zero-order valence-corrected chi connectivity index (χ0v) is 12.9. The number of nitrogens with zero attached hydrogens (tertiary/aromatic N) is 4.